The Labute approximate surface area is 205 Å². The minimum absolute atomic E-state index is 0.165. The zero-order chi connectivity index (χ0) is 25.8. The molecule has 0 bridgehead atoms. The molecule has 36 heavy (non-hydrogen) atoms. The number of hydrogen-bond acceptors (Lipinski definition) is 7. The number of rotatable bonds is 7. The normalized spacial score (nSPS) is 10.6. The lowest BCUT2D eigenvalue weighted by Crippen LogP contribution is -2.41. The van der Waals surface area contributed by atoms with Crippen LogP contribution in [0.15, 0.2) is 76.3 Å². The molecule has 0 spiro atoms. The number of esters is 1. The van der Waals surface area contributed by atoms with Crippen molar-refractivity contribution >= 4 is 28.5 Å². The predicted octanol–water partition coefficient (Wildman–Crippen LogP) is 2.59. The summed E-state index contributed by atoms with van der Waals surface area (Å²) in [7, 11) is 4.14. The number of carbonyl (C=O) groups excluding carboxylic acids is 2. The Bertz CT molecular complexity index is 1590. The van der Waals surface area contributed by atoms with Gasteiger partial charge in [0.15, 0.2) is 0 Å². The standard InChI is InChI=1S/C26H23N3O7/c1-34-16-12-13-21(22(14-16)35-2)29-24(31)18-9-5-7-11-20(18)28(26(29)33)15-23(30)27-19-10-6-4-8-17(19)25(32)36-3/h4-14H,15H2,1-3H3,(H,27,30). The predicted molar refractivity (Wildman–Crippen MR) is 133 cm³/mol. The highest BCUT2D eigenvalue weighted by atomic mass is 16.5. The van der Waals surface area contributed by atoms with Gasteiger partial charge in [-0.05, 0) is 36.4 Å². The van der Waals surface area contributed by atoms with Crippen LogP contribution in [0.4, 0.5) is 5.69 Å². The topological polar surface area (TPSA) is 118 Å². The minimum Gasteiger partial charge on any atom is -0.497 e. The Morgan fingerprint density at radius 3 is 2.33 bits per heavy atom. The Balaban J connectivity index is 1.84. The van der Waals surface area contributed by atoms with Crippen LogP contribution >= 0.6 is 0 Å². The number of methoxy groups -OCH3 is 3. The second-order valence-electron chi connectivity index (χ2n) is 7.65. The van der Waals surface area contributed by atoms with Gasteiger partial charge in [0.2, 0.25) is 5.91 Å². The maximum atomic E-state index is 13.6. The van der Waals surface area contributed by atoms with E-state index < -0.39 is 29.7 Å². The van der Waals surface area contributed by atoms with E-state index in [1.165, 1.54) is 38.0 Å². The quantitative estimate of drug-likeness (QED) is 0.397. The van der Waals surface area contributed by atoms with Crippen molar-refractivity contribution < 1.29 is 23.8 Å². The van der Waals surface area contributed by atoms with Crippen molar-refractivity contribution in [1.29, 1.82) is 0 Å². The molecule has 1 amide bonds. The van der Waals surface area contributed by atoms with E-state index in [0.29, 0.717) is 5.75 Å². The summed E-state index contributed by atoms with van der Waals surface area (Å²) < 4.78 is 17.5. The summed E-state index contributed by atoms with van der Waals surface area (Å²) in [5, 5.41) is 2.88. The van der Waals surface area contributed by atoms with Crippen molar-refractivity contribution in [2.75, 3.05) is 26.6 Å². The first-order valence-corrected chi connectivity index (χ1v) is 10.8. The molecular weight excluding hydrogens is 466 g/mol. The maximum Gasteiger partial charge on any atom is 0.339 e. The molecule has 0 aliphatic carbocycles. The summed E-state index contributed by atoms with van der Waals surface area (Å²) in [6.45, 7) is -0.423. The van der Waals surface area contributed by atoms with E-state index in [1.54, 1.807) is 54.6 Å². The van der Waals surface area contributed by atoms with E-state index in [9.17, 15) is 19.2 Å². The molecule has 0 saturated carbocycles. The fourth-order valence-electron chi connectivity index (χ4n) is 3.87. The van der Waals surface area contributed by atoms with Crippen molar-refractivity contribution in [3.63, 3.8) is 0 Å². The molecule has 10 heteroatoms. The van der Waals surface area contributed by atoms with Gasteiger partial charge in [0, 0.05) is 6.07 Å². The van der Waals surface area contributed by atoms with Gasteiger partial charge in [0.25, 0.3) is 5.56 Å². The molecule has 184 valence electrons. The summed E-state index contributed by atoms with van der Waals surface area (Å²) in [5.41, 5.74) is -0.419. The molecule has 0 atom stereocenters. The number of fused-ring (bicyclic) bond motifs is 1. The number of nitrogens with zero attached hydrogens (tertiary/aromatic N) is 2. The second kappa shape index (κ2) is 10.2. The highest BCUT2D eigenvalue weighted by Crippen LogP contribution is 2.26. The fourth-order valence-corrected chi connectivity index (χ4v) is 3.87. The Kier molecular flexibility index (Phi) is 6.86. The molecule has 3 aromatic carbocycles. The highest BCUT2D eigenvalue weighted by Gasteiger charge is 2.20. The van der Waals surface area contributed by atoms with Gasteiger partial charge in [0.05, 0.1) is 49.2 Å². The molecule has 0 aliphatic heterocycles. The molecule has 4 rings (SSSR count). The lowest BCUT2D eigenvalue weighted by molar-refractivity contribution is -0.116. The zero-order valence-corrected chi connectivity index (χ0v) is 19.8. The molecular formula is C26H23N3O7. The molecule has 0 radical (unpaired) electrons. The van der Waals surface area contributed by atoms with Crippen LogP contribution in [0.25, 0.3) is 16.6 Å². The zero-order valence-electron chi connectivity index (χ0n) is 19.8. The SMILES string of the molecule is COC(=O)c1ccccc1NC(=O)Cn1c(=O)n(-c2ccc(OC)cc2OC)c(=O)c2ccccc21. The third kappa shape index (κ3) is 4.43. The van der Waals surface area contributed by atoms with Gasteiger partial charge in [0.1, 0.15) is 18.0 Å². The summed E-state index contributed by atoms with van der Waals surface area (Å²) in [4.78, 5) is 52.1. The van der Waals surface area contributed by atoms with Crippen LogP contribution in [0.1, 0.15) is 10.4 Å². The van der Waals surface area contributed by atoms with Crippen LogP contribution in [0.5, 0.6) is 11.5 Å². The Morgan fingerprint density at radius 1 is 0.889 bits per heavy atom. The van der Waals surface area contributed by atoms with Crippen molar-refractivity contribution in [3.8, 4) is 17.2 Å². The van der Waals surface area contributed by atoms with Crippen LogP contribution < -0.4 is 26.0 Å². The van der Waals surface area contributed by atoms with E-state index in [-0.39, 0.29) is 33.6 Å². The third-order valence-corrected chi connectivity index (χ3v) is 5.59. The molecule has 0 saturated heterocycles. The molecule has 0 aliphatic rings. The van der Waals surface area contributed by atoms with E-state index >= 15 is 0 Å². The smallest absolute Gasteiger partial charge is 0.339 e. The number of hydrogen-bond donors (Lipinski definition) is 1. The van der Waals surface area contributed by atoms with Gasteiger partial charge in [-0.15, -0.1) is 0 Å². The number of nitrogens with one attached hydrogen (secondary N) is 1. The third-order valence-electron chi connectivity index (χ3n) is 5.59. The van der Waals surface area contributed by atoms with Crippen LogP contribution in [-0.4, -0.2) is 42.3 Å². The molecule has 0 unspecified atom stereocenters. The van der Waals surface area contributed by atoms with Crippen LogP contribution in [0.3, 0.4) is 0 Å². The molecule has 10 nitrogen and oxygen atoms in total. The van der Waals surface area contributed by atoms with Gasteiger partial charge in [-0.2, -0.15) is 0 Å². The maximum absolute atomic E-state index is 13.6. The molecule has 0 fully saturated rings. The first kappa shape index (κ1) is 24.3. The van der Waals surface area contributed by atoms with E-state index in [0.717, 1.165) is 4.57 Å². The number of ether oxygens (including phenoxy) is 3. The van der Waals surface area contributed by atoms with E-state index in [4.69, 9.17) is 14.2 Å². The average Bonchev–Trinajstić information content (AvgIpc) is 2.91. The molecule has 1 heterocycles. The number of para-hydroxylation sites is 2. The monoisotopic (exact) mass is 489 g/mol. The number of aromatic nitrogens is 2. The summed E-state index contributed by atoms with van der Waals surface area (Å²) in [6, 6.07) is 17.5. The number of carbonyl (C=O) groups is 2. The largest absolute Gasteiger partial charge is 0.497 e. The number of amides is 1. The lowest BCUT2D eigenvalue weighted by Gasteiger charge is -2.16. The van der Waals surface area contributed by atoms with Crippen LogP contribution in [0, 0.1) is 0 Å². The second-order valence-corrected chi connectivity index (χ2v) is 7.65. The highest BCUT2D eigenvalue weighted by molar-refractivity contribution is 6.01. The summed E-state index contributed by atoms with van der Waals surface area (Å²) in [6.07, 6.45) is 0. The molecule has 1 aromatic heterocycles. The van der Waals surface area contributed by atoms with Gasteiger partial charge in [-0.1, -0.05) is 24.3 Å². The van der Waals surface area contributed by atoms with Crippen molar-refractivity contribution in [2.45, 2.75) is 6.54 Å². The van der Waals surface area contributed by atoms with Crippen molar-refractivity contribution in [2.24, 2.45) is 0 Å². The first-order chi connectivity index (χ1) is 17.4. The first-order valence-electron chi connectivity index (χ1n) is 10.8. The van der Waals surface area contributed by atoms with Gasteiger partial charge >= 0.3 is 11.7 Å². The number of benzene rings is 3. The Hall–Kier alpha value is -4.86. The molecule has 4 aromatic rings. The summed E-state index contributed by atoms with van der Waals surface area (Å²) >= 11 is 0. The molecule has 1 N–H and O–H groups in total. The van der Waals surface area contributed by atoms with Gasteiger partial charge < -0.3 is 19.5 Å². The van der Waals surface area contributed by atoms with Crippen molar-refractivity contribution in [3.05, 3.63) is 93.1 Å². The average molecular weight is 489 g/mol. The number of anilines is 1. The van der Waals surface area contributed by atoms with E-state index in [2.05, 4.69) is 5.32 Å². The fraction of sp³-hybridized carbons (Fsp3) is 0.154. The minimum atomic E-state index is -0.737. The summed E-state index contributed by atoms with van der Waals surface area (Å²) in [5.74, 6) is -0.473. The van der Waals surface area contributed by atoms with Gasteiger partial charge in [-0.3, -0.25) is 14.2 Å². The van der Waals surface area contributed by atoms with Crippen LogP contribution in [0.2, 0.25) is 0 Å². The van der Waals surface area contributed by atoms with E-state index in [1.807, 2.05) is 0 Å². The lowest BCUT2D eigenvalue weighted by atomic mass is 10.2. The van der Waals surface area contributed by atoms with Crippen molar-refractivity contribution in [1.82, 2.24) is 9.13 Å². The van der Waals surface area contributed by atoms with Gasteiger partial charge in [-0.25, -0.2) is 14.2 Å². The van der Waals surface area contributed by atoms with Crippen LogP contribution in [-0.2, 0) is 16.1 Å². The Morgan fingerprint density at radius 2 is 1.61 bits per heavy atom.